The van der Waals surface area contributed by atoms with Crippen molar-refractivity contribution in [2.24, 2.45) is 10.8 Å². The highest BCUT2D eigenvalue weighted by molar-refractivity contribution is 14.1. The van der Waals surface area contributed by atoms with Crippen molar-refractivity contribution in [1.82, 2.24) is 9.66 Å². The first kappa shape index (κ1) is 23.2. The molecule has 33 heavy (non-hydrogen) atoms. The van der Waals surface area contributed by atoms with Gasteiger partial charge in [-0.05, 0) is 65.3 Å². The predicted octanol–water partition coefficient (Wildman–Crippen LogP) is 3.80. The van der Waals surface area contributed by atoms with E-state index >= 15 is 0 Å². The first-order valence-corrected chi connectivity index (χ1v) is 11.9. The molecule has 2 aromatic carbocycles. The van der Waals surface area contributed by atoms with Gasteiger partial charge >= 0.3 is 0 Å². The van der Waals surface area contributed by atoms with Gasteiger partial charge in [0.1, 0.15) is 5.82 Å². The summed E-state index contributed by atoms with van der Waals surface area (Å²) >= 11 is 2.10. The van der Waals surface area contributed by atoms with Crippen LogP contribution in [-0.2, 0) is 4.79 Å². The standard InChI is InChI=1S/C24H25IN4O4/c1-32-20-12-15(11-18(25)22(20)33-14-21(26)30)13-27-29-23(16-7-3-2-4-8-16)28-19-10-6-5-9-17(19)24(29)31/h5-6,9-13,16H,2-4,7-8,14H2,1H3,(H2,26,30). The molecular formula is C24H25IN4O4. The number of hydrogen-bond donors (Lipinski definition) is 1. The minimum Gasteiger partial charge on any atom is -0.493 e. The van der Waals surface area contributed by atoms with Crippen molar-refractivity contribution in [2.45, 2.75) is 38.0 Å². The zero-order valence-electron chi connectivity index (χ0n) is 18.3. The van der Waals surface area contributed by atoms with Crippen LogP contribution < -0.4 is 20.8 Å². The van der Waals surface area contributed by atoms with Gasteiger partial charge < -0.3 is 15.2 Å². The number of amides is 1. The highest BCUT2D eigenvalue weighted by atomic mass is 127. The molecule has 2 N–H and O–H groups in total. The van der Waals surface area contributed by atoms with Gasteiger partial charge in [0.15, 0.2) is 18.1 Å². The third kappa shape index (κ3) is 5.18. The summed E-state index contributed by atoms with van der Waals surface area (Å²) in [5, 5.41) is 5.10. The van der Waals surface area contributed by atoms with Crippen molar-refractivity contribution in [3.05, 3.63) is 61.7 Å². The zero-order valence-corrected chi connectivity index (χ0v) is 20.4. The van der Waals surface area contributed by atoms with Gasteiger partial charge in [0.05, 0.1) is 27.8 Å². The van der Waals surface area contributed by atoms with Gasteiger partial charge in [-0.3, -0.25) is 9.59 Å². The van der Waals surface area contributed by atoms with E-state index in [0.29, 0.717) is 28.2 Å². The van der Waals surface area contributed by atoms with Crippen molar-refractivity contribution in [3.8, 4) is 11.5 Å². The highest BCUT2D eigenvalue weighted by Crippen LogP contribution is 2.34. The summed E-state index contributed by atoms with van der Waals surface area (Å²) in [6.07, 6.45) is 7.07. The van der Waals surface area contributed by atoms with E-state index in [1.807, 2.05) is 24.3 Å². The molecule has 172 valence electrons. The Kier molecular flexibility index (Phi) is 7.26. The Morgan fingerprint density at radius 3 is 2.76 bits per heavy atom. The van der Waals surface area contributed by atoms with E-state index in [2.05, 4.69) is 27.7 Å². The maximum Gasteiger partial charge on any atom is 0.282 e. The number of carbonyl (C=O) groups excluding carboxylic acids is 1. The maximum atomic E-state index is 13.3. The van der Waals surface area contributed by atoms with Crippen molar-refractivity contribution < 1.29 is 14.3 Å². The van der Waals surface area contributed by atoms with Crippen molar-refractivity contribution in [1.29, 1.82) is 0 Å². The maximum absolute atomic E-state index is 13.3. The third-order valence-electron chi connectivity index (χ3n) is 5.68. The van der Waals surface area contributed by atoms with Gasteiger partial charge in [0, 0.05) is 5.92 Å². The Labute approximate surface area is 204 Å². The summed E-state index contributed by atoms with van der Waals surface area (Å²) in [4.78, 5) is 29.3. The van der Waals surface area contributed by atoms with E-state index in [-0.39, 0.29) is 18.1 Å². The summed E-state index contributed by atoms with van der Waals surface area (Å²) in [6.45, 7) is -0.247. The molecule has 1 fully saturated rings. The molecular weight excluding hydrogens is 535 g/mol. The fourth-order valence-corrected chi connectivity index (χ4v) is 4.88. The molecule has 1 aliphatic rings. The number of ether oxygens (including phenoxy) is 2. The minimum atomic E-state index is -0.572. The fraction of sp³-hybridized carbons (Fsp3) is 0.333. The Hall–Kier alpha value is -2.95. The van der Waals surface area contributed by atoms with Gasteiger partial charge in [-0.2, -0.15) is 9.78 Å². The Balaban J connectivity index is 1.76. The van der Waals surface area contributed by atoms with Crippen molar-refractivity contribution in [2.75, 3.05) is 13.7 Å². The van der Waals surface area contributed by atoms with Crippen LogP contribution in [0.3, 0.4) is 0 Å². The number of halogens is 1. The van der Waals surface area contributed by atoms with Crippen LogP contribution in [0.2, 0.25) is 0 Å². The number of benzene rings is 2. The average Bonchev–Trinajstić information content (AvgIpc) is 2.82. The minimum absolute atomic E-state index is 0.180. The second kappa shape index (κ2) is 10.3. The lowest BCUT2D eigenvalue weighted by atomic mass is 9.88. The summed E-state index contributed by atoms with van der Waals surface area (Å²) in [5.74, 6) is 1.21. The predicted molar refractivity (Wildman–Crippen MR) is 135 cm³/mol. The van der Waals surface area contributed by atoms with E-state index in [1.54, 1.807) is 18.3 Å². The SMILES string of the molecule is COc1cc(C=Nn2c(C3CCCCC3)nc3ccccc3c2=O)cc(I)c1OCC(N)=O. The Morgan fingerprint density at radius 2 is 2.03 bits per heavy atom. The number of nitrogens with zero attached hydrogens (tertiary/aromatic N) is 3. The van der Waals surface area contributed by atoms with Gasteiger partial charge in [0.2, 0.25) is 0 Å². The van der Waals surface area contributed by atoms with Gasteiger partial charge in [-0.25, -0.2) is 4.98 Å². The molecule has 0 spiro atoms. The molecule has 0 aliphatic heterocycles. The van der Waals surface area contributed by atoms with Crippen LogP contribution in [0.25, 0.3) is 10.9 Å². The number of primary amides is 1. The molecule has 1 amide bonds. The number of carbonyl (C=O) groups is 1. The number of fused-ring (bicyclic) bond motifs is 1. The molecule has 3 aromatic rings. The molecule has 8 nitrogen and oxygen atoms in total. The largest absolute Gasteiger partial charge is 0.493 e. The Bertz CT molecular complexity index is 1270. The van der Waals surface area contributed by atoms with Crippen molar-refractivity contribution >= 4 is 45.6 Å². The highest BCUT2D eigenvalue weighted by Gasteiger charge is 2.22. The fourth-order valence-electron chi connectivity index (χ4n) is 4.10. The zero-order chi connectivity index (χ0) is 23.4. The first-order chi connectivity index (χ1) is 16.0. The molecule has 0 radical (unpaired) electrons. The quantitative estimate of drug-likeness (QED) is 0.350. The number of rotatable bonds is 7. The monoisotopic (exact) mass is 560 g/mol. The first-order valence-electron chi connectivity index (χ1n) is 10.8. The van der Waals surface area contributed by atoms with Crippen molar-refractivity contribution in [3.63, 3.8) is 0 Å². The third-order valence-corrected chi connectivity index (χ3v) is 6.48. The van der Waals surface area contributed by atoms with Crippen LogP contribution in [0.15, 0.2) is 46.3 Å². The number of nitrogens with two attached hydrogens (primary N) is 1. The lowest BCUT2D eigenvalue weighted by molar-refractivity contribution is -0.119. The van der Waals surface area contributed by atoms with E-state index < -0.39 is 5.91 Å². The number of aromatic nitrogens is 2. The van der Waals surface area contributed by atoms with Crippen LogP contribution >= 0.6 is 22.6 Å². The lowest BCUT2D eigenvalue weighted by Gasteiger charge is -2.22. The van der Waals surface area contributed by atoms with E-state index in [4.69, 9.17) is 20.2 Å². The van der Waals surface area contributed by atoms with E-state index in [1.165, 1.54) is 18.2 Å². The summed E-state index contributed by atoms with van der Waals surface area (Å²) in [5.41, 5.74) is 6.42. The van der Waals surface area contributed by atoms with Gasteiger partial charge in [0.25, 0.3) is 11.5 Å². The van der Waals surface area contributed by atoms with Crippen LogP contribution in [0.1, 0.15) is 49.4 Å². The topological polar surface area (TPSA) is 109 Å². The smallest absolute Gasteiger partial charge is 0.282 e. The summed E-state index contributed by atoms with van der Waals surface area (Å²) in [6, 6.07) is 10.9. The van der Waals surface area contributed by atoms with Crippen LogP contribution in [0.5, 0.6) is 11.5 Å². The lowest BCUT2D eigenvalue weighted by Crippen LogP contribution is -2.25. The summed E-state index contributed by atoms with van der Waals surface area (Å²) in [7, 11) is 1.52. The Morgan fingerprint density at radius 1 is 1.27 bits per heavy atom. The van der Waals surface area contributed by atoms with Gasteiger partial charge in [-0.15, -0.1) is 0 Å². The van der Waals surface area contributed by atoms with Crippen LogP contribution in [-0.4, -0.2) is 35.5 Å². The van der Waals surface area contributed by atoms with E-state index in [9.17, 15) is 9.59 Å². The second-order valence-corrected chi connectivity index (χ2v) is 9.13. The molecule has 1 heterocycles. The number of hydrogen-bond acceptors (Lipinski definition) is 6. The van der Waals surface area contributed by atoms with E-state index in [0.717, 1.165) is 34.8 Å². The molecule has 0 unspecified atom stereocenters. The molecule has 0 saturated heterocycles. The molecule has 1 saturated carbocycles. The molecule has 9 heteroatoms. The number of para-hydroxylation sites is 1. The second-order valence-electron chi connectivity index (χ2n) is 7.97. The molecule has 0 bridgehead atoms. The molecule has 1 aliphatic carbocycles. The van der Waals surface area contributed by atoms with Gasteiger partial charge in [-0.1, -0.05) is 31.4 Å². The molecule has 1 aromatic heterocycles. The summed E-state index contributed by atoms with van der Waals surface area (Å²) < 4.78 is 13.1. The molecule has 0 atom stereocenters. The average molecular weight is 560 g/mol. The molecule has 4 rings (SSSR count). The normalized spacial score (nSPS) is 14.6. The van der Waals surface area contributed by atoms with Crippen LogP contribution in [0, 0.1) is 3.57 Å². The number of methoxy groups -OCH3 is 1. The van der Waals surface area contributed by atoms with Crippen LogP contribution in [0.4, 0.5) is 0 Å².